The first-order chi connectivity index (χ1) is 4.81. The number of likely N-dealkylation sites (N-methyl/N-ethyl adjacent to an activating group) is 1. The number of hydrogen-bond donors (Lipinski definition) is 0. The fourth-order valence-corrected chi connectivity index (χ4v) is 2.13. The quantitative estimate of drug-likeness (QED) is 0.533. The van der Waals surface area contributed by atoms with Gasteiger partial charge in [0.25, 0.3) is 0 Å². The molecule has 3 atom stereocenters. The summed E-state index contributed by atoms with van der Waals surface area (Å²) < 4.78 is 5.64. The van der Waals surface area contributed by atoms with E-state index in [4.69, 9.17) is 4.74 Å². The van der Waals surface area contributed by atoms with E-state index in [0.717, 1.165) is 12.5 Å². The molecule has 2 rings (SSSR count). The first-order valence-corrected chi connectivity index (χ1v) is 4.15. The Bertz CT molecular complexity index is 133. The normalized spacial score (nSPS) is 46.8. The molecule has 10 heavy (non-hydrogen) atoms. The molecule has 0 aromatic rings. The van der Waals surface area contributed by atoms with Crippen molar-refractivity contribution in [1.29, 1.82) is 0 Å². The third-order valence-electron chi connectivity index (χ3n) is 2.72. The van der Waals surface area contributed by atoms with Crippen LogP contribution in [0.3, 0.4) is 0 Å². The Kier molecular flexibility index (Phi) is 1.46. The molecule has 0 aromatic heterocycles. The van der Waals surface area contributed by atoms with Gasteiger partial charge in [0, 0.05) is 19.0 Å². The van der Waals surface area contributed by atoms with Crippen molar-refractivity contribution in [2.24, 2.45) is 5.92 Å². The van der Waals surface area contributed by atoms with Crippen LogP contribution in [0.4, 0.5) is 0 Å². The molecule has 0 spiro atoms. The van der Waals surface area contributed by atoms with E-state index in [1.54, 1.807) is 0 Å². The molecule has 2 saturated heterocycles. The monoisotopic (exact) mass is 141 g/mol. The summed E-state index contributed by atoms with van der Waals surface area (Å²) in [5, 5.41) is 0. The molecule has 0 bridgehead atoms. The van der Waals surface area contributed by atoms with E-state index in [2.05, 4.69) is 18.9 Å². The van der Waals surface area contributed by atoms with Gasteiger partial charge in [0.15, 0.2) is 0 Å². The lowest BCUT2D eigenvalue weighted by Crippen LogP contribution is -2.47. The van der Waals surface area contributed by atoms with Crippen molar-refractivity contribution in [3.63, 3.8) is 0 Å². The summed E-state index contributed by atoms with van der Waals surface area (Å²) in [5.74, 6) is 0.856. The summed E-state index contributed by atoms with van der Waals surface area (Å²) in [6, 6.07) is 0. The maximum absolute atomic E-state index is 5.64. The van der Waals surface area contributed by atoms with Crippen molar-refractivity contribution in [1.82, 2.24) is 4.90 Å². The van der Waals surface area contributed by atoms with Gasteiger partial charge in [-0.1, -0.05) is 6.92 Å². The zero-order valence-electron chi connectivity index (χ0n) is 6.71. The predicted octanol–water partition coefficient (Wildman–Crippen LogP) is 0.725. The highest BCUT2D eigenvalue weighted by atomic mass is 16.5. The van der Waals surface area contributed by atoms with Gasteiger partial charge in [-0.25, -0.2) is 0 Å². The third-order valence-corrected chi connectivity index (χ3v) is 2.72. The third kappa shape index (κ3) is 0.789. The number of hydrogen-bond acceptors (Lipinski definition) is 2. The predicted molar refractivity (Wildman–Crippen MR) is 39.9 cm³/mol. The highest BCUT2D eigenvalue weighted by molar-refractivity contribution is 4.95. The van der Waals surface area contributed by atoms with Crippen molar-refractivity contribution < 1.29 is 4.74 Å². The molecule has 2 fully saturated rings. The SMILES string of the molecule is CCC1OC2CN(C)CC12. The van der Waals surface area contributed by atoms with Crippen molar-refractivity contribution in [2.75, 3.05) is 20.1 Å². The summed E-state index contributed by atoms with van der Waals surface area (Å²) in [6.07, 6.45) is 2.35. The Labute approximate surface area is 62.2 Å². The number of nitrogens with zero attached hydrogens (tertiary/aromatic N) is 1. The molecule has 3 unspecified atom stereocenters. The van der Waals surface area contributed by atoms with Gasteiger partial charge in [0.05, 0.1) is 12.2 Å². The van der Waals surface area contributed by atoms with Crippen LogP contribution in [0.1, 0.15) is 13.3 Å². The summed E-state index contributed by atoms with van der Waals surface area (Å²) >= 11 is 0. The highest BCUT2D eigenvalue weighted by Gasteiger charge is 2.46. The Morgan fingerprint density at radius 2 is 2.30 bits per heavy atom. The second-order valence-corrected chi connectivity index (χ2v) is 3.51. The molecule has 0 radical (unpaired) electrons. The molecule has 0 aliphatic carbocycles. The molecule has 0 saturated carbocycles. The lowest BCUT2D eigenvalue weighted by Gasteiger charge is -2.39. The van der Waals surface area contributed by atoms with Gasteiger partial charge in [-0.3, -0.25) is 0 Å². The fourth-order valence-electron chi connectivity index (χ4n) is 2.13. The number of ether oxygens (including phenoxy) is 1. The molecule has 0 amide bonds. The van der Waals surface area contributed by atoms with Crippen molar-refractivity contribution >= 4 is 0 Å². The summed E-state index contributed by atoms with van der Waals surface area (Å²) in [7, 11) is 2.17. The Morgan fingerprint density at radius 1 is 1.50 bits per heavy atom. The fraction of sp³-hybridized carbons (Fsp3) is 1.00. The van der Waals surface area contributed by atoms with Crippen LogP contribution in [0.25, 0.3) is 0 Å². The smallest absolute Gasteiger partial charge is 0.0770 e. The lowest BCUT2D eigenvalue weighted by molar-refractivity contribution is -0.157. The van der Waals surface area contributed by atoms with Gasteiger partial charge >= 0.3 is 0 Å². The first kappa shape index (κ1) is 6.62. The average molecular weight is 141 g/mol. The van der Waals surface area contributed by atoms with Gasteiger partial charge in [-0.05, 0) is 13.5 Å². The van der Waals surface area contributed by atoms with Gasteiger partial charge in [0.1, 0.15) is 0 Å². The molecule has 2 heterocycles. The number of fused-ring (bicyclic) bond motifs is 1. The van der Waals surface area contributed by atoms with E-state index in [1.165, 1.54) is 13.0 Å². The van der Waals surface area contributed by atoms with Crippen LogP contribution in [0.15, 0.2) is 0 Å². The van der Waals surface area contributed by atoms with Gasteiger partial charge in [0.2, 0.25) is 0 Å². The molecule has 2 nitrogen and oxygen atoms in total. The van der Waals surface area contributed by atoms with Crippen molar-refractivity contribution in [3.8, 4) is 0 Å². The van der Waals surface area contributed by atoms with E-state index in [9.17, 15) is 0 Å². The minimum atomic E-state index is 0.579. The van der Waals surface area contributed by atoms with E-state index >= 15 is 0 Å². The van der Waals surface area contributed by atoms with Gasteiger partial charge < -0.3 is 9.64 Å². The van der Waals surface area contributed by atoms with E-state index in [1.807, 2.05) is 0 Å². The Morgan fingerprint density at radius 3 is 2.90 bits per heavy atom. The second-order valence-electron chi connectivity index (χ2n) is 3.51. The van der Waals surface area contributed by atoms with E-state index in [0.29, 0.717) is 12.2 Å². The maximum atomic E-state index is 5.64. The van der Waals surface area contributed by atoms with Gasteiger partial charge in [-0.2, -0.15) is 0 Å². The Balaban J connectivity index is 1.93. The molecular weight excluding hydrogens is 126 g/mol. The van der Waals surface area contributed by atoms with Crippen LogP contribution in [0.2, 0.25) is 0 Å². The van der Waals surface area contributed by atoms with Gasteiger partial charge in [-0.15, -0.1) is 0 Å². The van der Waals surface area contributed by atoms with Crippen molar-refractivity contribution in [3.05, 3.63) is 0 Å². The van der Waals surface area contributed by atoms with E-state index < -0.39 is 0 Å². The molecule has 2 aliphatic heterocycles. The average Bonchev–Trinajstić information content (AvgIpc) is 2.15. The summed E-state index contributed by atoms with van der Waals surface area (Å²) in [4.78, 5) is 2.37. The standard InChI is InChI=1S/C8H15NO/c1-3-7-6-4-9(2)5-8(6)10-7/h6-8H,3-5H2,1-2H3. The number of rotatable bonds is 1. The van der Waals surface area contributed by atoms with Crippen LogP contribution in [0, 0.1) is 5.92 Å². The molecular formula is C8H15NO. The summed E-state index contributed by atoms with van der Waals surface area (Å²) in [5.41, 5.74) is 0. The molecule has 0 aromatic carbocycles. The molecule has 2 heteroatoms. The van der Waals surface area contributed by atoms with Crippen LogP contribution < -0.4 is 0 Å². The largest absolute Gasteiger partial charge is 0.373 e. The second kappa shape index (κ2) is 2.21. The lowest BCUT2D eigenvalue weighted by atomic mass is 9.91. The topological polar surface area (TPSA) is 12.5 Å². The zero-order valence-corrected chi connectivity index (χ0v) is 6.71. The van der Waals surface area contributed by atoms with Crippen LogP contribution >= 0.6 is 0 Å². The molecule has 2 aliphatic rings. The minimum absolute atomic E-state index is 0.579. The van der Waals surface area contributed by atoms with Crippen LogP contribution in [-0.2, 0) is 4.74 Å². The van der Waals surface area contributed by atoms with Crippen LogP contribution in [-0.4, -0.2) is 37.2 Å². The van der Waals surface area contributed by atoms with Crippen LogP contribution in [0.5, 0.6) is 0 Å². The number of likely N-dealkylation sites (tertiary alicyclic amines) is 1. The maximum Gasteiger partial charge on any atom is 0.0770 e. The highest BCUT2D eigenvalue weighted by Crippen LogP contribution is 2.35. The Hall–Kier alpha value is -0.0800. The first-order valence-electron chi connectivity index (χ1n) is 4.15. The molecule has 0 N–H and O–H groups in total. The summed E-state index contributed by atoms with van der Waals surface area (Å²) in [6.45, 7) is 4.61. The zero-order chi connectivity index (χ0) is 7.14. The molecule has 58 valence electrons. The van der Waals surface area contributed by atoms with Crippen molar-refractivity contribution in [2.45, 2.75) is 25.6 Å². The van der Waals surface area contributed by atoms with E-state index in [-0.39, 0.29) is 0 Å². The minimum Gasteiger partial charge on any atom is -0.373 e.